The van der Waals surface area contributed by atoms with Crippen molar-refractivity contribution in [2.75, 3.05) is 0 Å². The number of aryl methyl sites for hydroxylation is 1. The Labute approximate surface area is 89.5 Å². The number of para-hydroxylation sites is 1. The molecule has 1 aromatic carbocycles. The van der Waals surface area contributed by atoms with Crippen LogP contribution in [0.25, 0.3) is 11.0 Å². The normalized spacial score (nSPS) is 9.60. The summed E-state index contributed by atoms with van der Waals surface area (Å²) < 4.78 is 5.12. The quantitative estimate of drug-likeness (QED) is 0.615. The second-order valence-electron chi connectivity index (χ2n) is 3.14. The maximum Gasteiger partial charge on any atom is 0.339 e. The summed E-state index contributed by atoms with van der Waals surface area (Å²) in [7, 11) is 0. The van der Waals surface area contributed by atoms with Crippen LogP contribution >= 0.6 is 0 Å². The zero-order valence-electron chi connectivity index (χ0n) is 9.63. The van der Waals surface area contributed by atoms with Gasteiger partial charge in [-0.2, -0.15) is 0 Å². The van der Waals surface area contributed by atoms with E-state index in [-0.39, 0.29) is 5.63 Å². The molecule has 2 aromatic rings. The predicted molar refractivity (Wildman–Crippen MR) is 63.3 cm³/mol. The minimum absolute atomic E-state index is 0.240. The molecule has 2 rings (SSSR count). The number of hydrogen-bond donors (Lipinski definition) is 0. The summed E-state index contributed by atoms with van der Waals surface area (Å²) in [6, 6.07) is 7.57. The van der Waals surface area contributed by atoms with E-state index in [1.807, 2.05) is 45.0 Å². The van der Waals surface area contributed by atoms with Gasteiger partial charge in [0.1, 0.15) is 5.58 Å². The van der Waals surface area contributed by atoms with E-state index in [0.29, 0.717) is 11.1 Å². The summed E-state index contributed by atoms with van der Waals surface area (Å²) in [5.41, 5.74) is 2.12. The van der Waals surface area contributed by atoms with Gasteiger partial charge in [0.15, 0.2) is 0 Å². The first kappa shape index (κ1) is 11.5. The lowest BCUT2D eigenvalue weighted by Gasteiger charge is -2.02. The Morgan fingerprint density at radius 1 is 1.00 bits per heavy atom. The fraction of sp³-hybridized carbons (Fsp3) is 0.308. The summed E-state index contributed by atoms with van der Waals surface area (Å²) in [4.78, 5) is 11.3. The Kier molecular flexibility index (Phi) is 3.67. The second-order valence-corrected chi connectivity index (χ2v) is 3.14. The van der Waals surface area contributed by atoms with Crippen LogP contribution < -0.4 is 5.63 Å². The first-order chi connectivity index (χ1) is 7.20. The van der Waals surface area contributed by atoms with Crippen molar-refractivity contribution in [1.82, 2.24) is 0 Å². The van der Waals surface area contributed by atoms with Crippen LogP contribution in [0.1, 0.15) is 25.0 Å². The molecule has 1 aromatic heterocycles. The molecular formula is C13H16O2. The van der Waals surface area contributed by atoms with Crippen LogP contribution in [0.4, 0.5) is 0 Å². The molecule has 0 fully saturated rings. The Morgan fingerprint density at radius 3 is 2.27 bits per heavy atom. The molecule has 1 heterocycles. The van der Waals surface area contributed by atoms with Crippen molar-refractivity contribution in [3.8, 4) is 0 Å². The molecule has 0 amide bonds. The van der Waals surface area contributed by atoms with Gasteiger partial charge in [0.05, 0.1) is 0 Å². The molecule has 0 spiro atoms. The molecule has 0 aliphatic carbocycles. The maximum atomic E-state index is 11.3. The fourth-order valence-electron chi connectivity index (χ4n) is 1.40. The highest BCUT2D eigenvalue weighted by atomic mass is 16.4. The van der Waals surface area contributed by atoms with Crippen molar-refractivity contribution < 1.29 is 4.42 Å². The van der Waals surface area contributed by atoms with E-state index in [0.717, 1.165) is 10.9 Å². The molecule has 0 aliphatic heterocycles. The lowest BCUT2D eigenvalue weighted by Crippen LogP contribution is -2.05. The highest BCUT2D eigenvalue weighted by Crippen LogP contribution is 2.17. The van der Waals surface area contributed by atoms with Gasteiger partial charge < -0.3 is 4.42 Å². The van der Waals surface area contributed by atoms with Crippen molar-refractivity contribution in [2.45, 2.75) is 27.7 Å². The third-order valence-corrected chi connectivity index (χ3v) is 2.36. The molecule has 0 aliphatic rings. The first-order valence-corrected chi connectivity index (χ1v) is 5.19. The van der Waals surface area contributed by atoms with E-state index in [9.17, 15) is 4.79 Å². The SMILES string of the molecule is CC.Cc1c(C)c2ccccc2oc1=O. The summed E-state index contributed by atoms with van der Waals surface area (Å²) >= 11 is 0. The van der Waals surface area contributed by atoms with Crippen molar-refractivity contribution in [2.24, 2.45) is 0 Å². The average molecular weight is 204 g/mol. The van der Waals surface area contributed by atoms with Gasteiger partial charge in [-0.1, -0.05) is 32.0 Å². The van der Waals surface area contributed by atoms with E-state index >= 15 is 0 Å². The van der Waals surface area contributed by atoms with E-state index < -0.39 is 0 Å². The predicted octanol–water partition coefficient (Wildman–Crippen LogP) is 3.44. The van der Waals surface area contributed by atoms with Crippen LogP contribution in [0.3, 0.4) is 0 Å². The maximum absolute atomic E-state index is 11.3. The molecule has 15 heavy (non-hydrogen) atoms. The Balaban J connectivity index is 0.000000531. The van der Waals surface area contributed by atoms with E-state index in [4.69, 9.17) is 4.42 Å². The summed E-state index contributed by atoms with van der Waals surface area (Å²) in [6.45, 7) is 7.72. The van der Waals surface area contributed by atoms with Crippen molar-refractivity contribution in [3.63, 3.8) is 0 Å². The zero-order chi connectivity index (χ0) is 11.4. The third-order valence-electron chi connectivity index (χ3n) is 2.36. The molecule has 2 heteroatoms. The van der Waals surface area contributed by atoms with Crippen LogP contribution in [-0.4, -0.2) is 0 Å². The summed E-state index contributed by atoms with van der Waals surface area (Å²) in [5.74, 6) is 0. The lowest BCUT2D eigenvalue weighted by atomic mass is 10.1. The van der Waals surface area contributed by atoms with Gasteiger partial charge in [0.2, 0.25) is 0 Å². The van der Waals surface area contributed by atoms with Crippen LogP contribution in [0.5, 0.6) is 0 Å². The Morgan fingerprint density at radius 2 is 1.60 bits per heavy atom. The van der Waals surface area contributed by atoms with Gasteiger partial charge >= 0.3 is 5.63 Å². The second kappa shape index (κ2) is 4.78. The van der Waals surface area contributed by atoms with Crippen molar-refractivity contribution in [3.05, 3.63) is 45.8 Å². The smallest absolute Gasteiger partial charge is 0.339 e. The average Bonchev–Trinajstić information content (AvgIpc) is 2.29. The topological polar surface area (TPSA) is 30.2 Å². The monoisotopic (exact) mass is 204 g/mol. The third kappa shape index (κ3) is 2.09. The molecule has 0 saturated heterocycles. The van der Waals surface area contributed by atoms with Crippen LogP contribution in [0.15, 0.2) is 33.5 Å². The first-order valence-electron chi connectivity index (χ1n) is 5.19. The largest absolute Gasteiger partial charge is 0.423 e. The summed E-state index contributed by atoms with van der Waals surface area (Å²) in [5, 5.41) is 1.01. The number of benzene rings is 1. The number of fused-ring (bicyclic) bond motifs is 1. The van der Waals surface area contributed by atoms with E-state index in [2.05, 4.69) is 0 Å². The fourth-order valence-corrected chi connectivity index (χ4v) is 1.40. The Bertz CT molecular complexity index is 509. The minimum Gasteiger partial charge on any atom is -0.423 e. The number of rotatable bonds is 0. The van der Waals surface area contributed by atoms with Gasteiger partial charge in [0, 0.05) is 10.9 Å². The van der Waals surface area contributed by atoms with E-state index in [1.54, 1.807) is 6.92 Å². The van der Waals surface area contributed by atoms with Crippen LogP contribution in [-0.2, 0) is 0 Å². The highest BCUT2D eigenvalue weighted by Gasteiger charge is 2.05. The molecule has 0 atom stereocenters. The zero-order valence-corrected chi connectivity index (χ0v) is 9.63. The molecule has 0 saturated carbocycles. The highest BCUT2D eigenvalue weighted by molar-refractivity contribution is 5.80. The molecule has 0 N–H and O–H groups in total. The van der Waals surface area contributed by atoms with Gasteiger partial charge in [-0.15, -0.1) is 0 Å². The van der Waals surface area contributed by atoms with Crippen LogP contribution in [0, 0.1) is 13.8 Å². The summed E-state index contributed by atoms with van der Waals surface area (Å²) in [6.07, 6.45) is 0. The van der Waals surface area contributed by atoms with E-state index in [1.165, 1.54) is 0 Å². The number of hydrogen-bond acceptors (Lipinski definition) is 2. The molecule has 0 unspecified atom stereocenters. The van der Waals surface area contributed by atoms with Gasteiger partial charge in [-0.25, -0.2) is 4.79 Å². The van der Waals surface area contributed by atoms with Crippen molar-refractivity contribution in [1.29, 1.82) is 0 Å². The minimum atomic E-state index is -0.240. The van der Waals surface area contributed by atoms with Crippen LogP contribution in [0.2, 0.25) is 0 Å². The molecular weight excluding hydrogens is 188 g/mol. The van der Waals surface area contributed by atoms with Gasteiger partial charge in [0.25, 0.3) is 0 Å². The molecule has 80 valence electrons. The van der Waals surface area contributed by atoms with Crippen molar-refractivity contribution >= 4 is 11.0 Å². The van der Waals surface area contributed by atoms with Gasteiger partial charge in [-0.05, 0) is 25.5 Å². The Hall–Kier alpha value is -1.57. The molecule has 0 bridgehead atoms. The van der Waals surface area contributed by atoms with Gasteiger partial charge in [-0.3, -0.25) is 0 Å². The standard InChI is InChI=1S/C11H10O2.C2H6/c1-7-8(2)11(12)13-10-6-4-3-5-9(7)10;1-2/h3-6H,1-2H3;1-2H3. The molecule has 2 nitrogen and oxygen atoms in total. The lowest BCUT2D eigenvalue weighted by molar-refractivity contribution is 0.553. The molecule has 0 radical (unpaired) electrons.